The number of aromatic amines is 1. The highest BCUT2D eigenvalue weighted by molar-refractivity contribution is 5.35. The molecule has 2 atom stereocenters. The van der Waals surface area contributed by atoms with Crippen molar-refractivity contribution in [1.82, 2.24) is 15.3 Å². The van der Waals surface area contributed by atoms with E-state index in [1.54, 1.807) is 13.3 Å². The largest absolute Gasteiger partial charge is 0.496 e. The fourth-order valence-corrected chi connectivity index (χ4v) is 2.08. The van der Waals surface area contributed by atoms with Gasteiger partial charge < -0.3 is 15.0 Å². The molecular weight excluding hydrogens is 226 g/mol. The van der Waals surface area contributed by atoms with E-state index in [4.69, 9.17) is 4.74 Å². The van der Waals surface area contributed by atoms with Gasteiger partial charge in [0, 0.05) is 24.0 Å². The summed E-state index contributed by atoms with van der Waals surface area (Å²) in [4.78, 5) is 7.37. The Morgan fingerprint density at radius 1 is 1.22 bits per heavy atom. The van der Waals surface area contributed by atoms with E-state index >= 15 is 0 Å². The number of ether oxygens (including phenoxy) is 1. The number of methoxy groups -OCH3 is 1. The first-order chi connectivity index (χ1) is 8.72. The zero-order chi connectivity index (χ0) is 13.0. The van der Waals surface area contributed by atoms with Crippen LogP contribution in [0.4, 0.5) is 0 Å². The molecule has 0 saturated carbocycles. The zero-order valence-corrected chi connectivity index (χ0v) is 11.0. The number of nitrogens with one attached hydrogen (secondary N) is 2. The molecule has 1 aromatic carbocycles. The number of hydrogen-bond acceptors (Lipinski definition) is 3. The molecule has 0 aliphatic carbocycles. The molecule has 2 rings (SSSR count). The molecule has 0 radical (unpaired) electrons. The van der Waals surface area contributed by atoms with Gasteiger partial charge >= 0.3 is 0 Å². The van der Waals surface area contributed by atoms with Crippen LogP contribution in [-0.4, -0.2) is 17.1 Å². The number of benzene rings is 1. The summed E-state index contributed by atoms with van der Waals surface area (Å²) in [5.41, 5.74) is 1.15. The number of nitrogens with zero attached hydrogens (tertiary/aromatic N) is 1. The van der Waals surface area contributed by atoms with Gasteiger partial charge in [0.15, 0.2) is 0 Å². The molecular formula is C14H19N3O. The molecule has 0 saturated heterocycles. The maximum absolute atomic E-state index is 5.38. The van der Waals surface area contributed by atoms with Crippen molar-refractivity contribution in [3.05, 3.63) is 48.0 Å². The summed E-state index contributed by atoms with van der Waals surface area (Å²) < 4.78 is 5.38. The fraction of sp³-hybridized carbons (Fsp3) is 0.357. The molecule has 4 nitrogen and oxygen atoms in total. The van der Waals surface area contributed by atoms with Crippen molar-refractivity contribution in [2.45, 2.75) is 25.9 Å². The normalized spacial score (nSPS) is 14.2. The molecule has 2 unspecified atom stereocenters. The lowest BCUT2D eigenvalue weighted by molar-refractivity contribution is 0.395. The number of para-hydroxylation sites is 1. The lowest BCUT2D eigenvalue weighted by Gasteiger charge is -2.20. The quantitative estimate of drug-likeness (QED) is 0.851. The van der Waals surface area contributed by atoms with Gasteiger partial charge in [0.2, 0.25) is 0 Å². The van der Waals surface area contributed by atoms with Crippen LogP contribution in [0.15, 0.2) is 36.7 Å². The van der Waals surface area contributed by atoms with Crippen LogP contribution in [0.5, 0.6) is 5.75 Å². The monoisotopic (exact) mass is 245 g/mol. The van der Waals surface area contributed by atoms with Crippen LogP contribution in [0.1, 0.15) is 37.3 Å². The van der Waals surface area contributed by atoms with Gasteiger partial charge in [-0.1, -0.05) is 18.2 Å². The van der Waals surface area contributed by atoms with E-state index in [-0.39, 0.29) is 12.1 Å². The van der Waals surface area contributed by atoms with Crippen molar-refractivity contribution in [2.75, 3.05) is 7.11 Å². The van der Waals surface area contributed by atoms with E-state index in [0.29, 0.717) is 0 Å². The summed E-state index contributed by atoms with van der Waals surface area (Å²) in [7, 11) is 1.70. The minimum absolute atomic E-state index is 0.167. The van der Waals surface area contributed by atoms with Crippen molar-refractivity contribution in [3.8, 4) is 5.75 Å². The van der Waals surface area contributed by atoms with E-state index in [9.17, 15) is 0 Å². The van der Waals surface area contributed by atoms with E-state index in [1.807, 2.05) is 24.4 Å². The van der Waals surface area contributed by atoms with Crippen LogP contribution < -0.4 is 10.1 Å². The van der Waals surface area contributed by atoms with Gasteiger partial charge in [0.1, 0.15) is 11.6 Å². The lowest BCUT2D eigenvalue weighted by atomic mass is 10.1. The molecule has 18 heavy (non-hydrogen) atoms. The summed E-state index contributed by atoms with van der Waals surface area (Å²) in [5.74, 6) is 1.85. The van der Waals surface area contributed by atoms with Gasteiger partial charge in [0.05, 0.1) is 13.2 Å². The third-order valence-corrected chi connectivity index (χ3v) is 3.03. The predicted molar refractivity (Wildman–Crippen MR) is 71.5 cm³/mol. The third-order valence-electron chi connectivity index (χ3n) is 3.03. The van der Waals surface area contributed by atoms with E-state index < -0.39 is 0 Å². The first-order valence-corrected chi connectivity index (χ1v) is 6.10. The summed E-state index contributed by atoms with van der Waals surface area (Å²) >= 11 is 0. The Balaban J connectivity index is 2.09. The van der Waals surface area contributed by atoms with Gasteiger partial charge in [-0.15, -0.1) is 0 Å². The Morgan fingerprint density at radius 3 is 2.67 bits per heavy atom. The standard InChI is InChI=1S/C14H19N3O/c1-10(12-6-4-5-7-13(12)18-3)17-11(2)14-15-8-9-16-14/h4-11,17H,1-3H3,(H,15,16). The fourth-order valence-electron chi connectivity index (χ4n) is 2.08. The third kappa shape index (κ3) is 2.71. The lowest BCUT2D eigenvalue weighted by Crippen LogP contribution is -2.23. The average Bonchev–Trinajstić information content (AvgIpc) is 2.92. The molecule has 96 valence electrons. The minimum atomic E-state index is 0.167. The summed E-state index contributed by atoms with van der Waals surface area (Å²) in [6, 6.07) is 8.41. The molecule has 2 aromatic rings. The molecule has 1 aromatic heterocycles. The maximum atomic E-state index is 5.38. The molecule has 0 aliphatic heterocycles. The Bertz CT molecular complexity index is 482. The van der Waals surface area contributed by atoms with Crippen molar-refractivity contribution in [2.24, 2.45) is 0 Å². The molecule has 4 heteroatoms. The van der Waals surface area contributed by atoms with Crippen molar-refractivity contribution < 1.29 is 4.74 Å². The van der Waals surface area contributed by atoms with Crippen LogP contribution in [0.25, 0.3) is 0 Å². The molecule has 0 amide bonds. The Labute approximate surface area is 107 Å². The van der Waals surface area contributed by atoms with Crippen molar-refractivity contribution in [1.29, 1.82) is 0 Å². The number of imidazole rings is 1. The smallest absolute Gasteiger partial charge is 0.123 e. The second-order valence-corrected chi connectivity index (χ2v) is 4.33. The average molecular weight is 245 g/mol. The number of aromatic nitrogens is 2. The topological polar surface area (TPSA) is 49.9 Å². The van der Waals surface area contributed by atoms with Crippen LogP contribution in [0.3, 0.4) is 0 Å². The van der Waals surface area contributed by atoms with Crippen LogP contribution >= 0.6 is 0 Å². The van der Waals surface area contributed by atoms with Gasteiger partial charge in [-0.3, -0.25) is 0 Å². The van der Waals surface area contributed by atoms with Gasteiger partial charge in [-0.05, 0) is 19.9 Å². The second-order valence-electron chi connectivity index (χ2n) is 4.33. The summed E-state index contributed by atoms with van der Waals surface area (Å²) in [6.45, 7) is 4.21. The molecule has 2 N–H and O–H groups in total. The first kappa shape index (κ1) is 12.6. The van der Waals surface area contributed by atoms with Gasteiger partial charge in [0.25, 0.3) is 0 Å². The first-order valence-electron chi connectivity index (χ1n) is 6.10. The van der Waals surface area contributed by atoms with Crippen LogP contribution in [-0.2, 0) is 0 Å². The highest BCUT2D eigenvalue weighted by Gasteiger charge is 2.15. The van der Waals surface area contributed by atoms with E-state index in [1.165, 1.54) is 0 Å². The van der Waals surface area contributed by atoms with Crippen molar-refractivity contribution in [3.63, 3.8) is 0 Å². The molecule has 0 spiro atoms. The minimum Gasteiger partial charge on any atom is -0.496 e. The SMILES string of the molecule is COc1ccccc1C(C)NC(C)c1ncc[nH]1. The summed E-state index contributed by atoms with van der Waals surface area (Å²) in [5, 5.41) is 3.50. The van der Waals surface area contributed by atoms with Gasteiger partial charge in [-0.25, -0.2) is 4.98 Å². The van der Waals surface area contributed by atoms with Crippen molar-refractivity contribution >= 4 is 0 Å². The van der Waals surface area contributed by atoms with E-state index in [2.05, 4.69) is 35.2 Å². The molecule has 1 heterocycles. The highest BCUT2D eigenvalue weighted by Crippen LogP contribution is 2.26. The van der Waals surface area contributed by atoms with Crippen LogP contribution in [0.2, 0.25) is 0 Å². The Hall–Kier alpha value is -1.81. The molecule has 0 bridgehead atoms. The van der Waals surface area contributed by atoms with E-state index in [0.717, 1.165) is 17.1 Å². The highest BCUT2D eigenvalue weighted by atomic mass is 16.5. The van der Waals surface area contributed by atoms with Crippen LogP contribution in [0, 0.1) is 0 Å². The molecule has 0 fully saturated rings. The maximum Gasteiger partial charge on any atom is 0.123 e. The predicted octanol–water partition coefficient (Wildman–Crippen LogP) is 2.83. The Kier molecular flexibility index (Phi) is 3.99. The molecule has 0 aliphatic rings. The van der Waals surface area contributed by atoms with Gasteiger partial charge in [-0.2, -0.15) is 0 Å². The summed E-state index contributed by atoms with van der Waals surface area (Å²) in [6.07, 6.45) is 3.60. The number of rotatable bonds is 5. The number of H-pyrrole nitrogens is 1. The number of hydrogen-bond donors (Lipinski definition) is 2. The Morgan fingerprint density at radius 2 is 2.00 bits per heavy atom. The zero-order valence-electron chi connectivity index (χ0n) is 11.0. The second kappa shape index (κ2) is 5.69.